The lowest BCUT2D eigenvalue weighted by Crippen LogP contribution is -2.38. The van der Waals surface area contributed by atoms with E-state index in [0.29, 0.717) is 0 Å². The standard InChI is InChI=1S/C13H17NOS/c1-10-4-3-5-12(11(10)2)13(15)14-6-8-16-9-7-14/h3-5H,6-9H2,1-2H3. The first-order valence-electron chi connectivity index (χ1n) is 5.63. The highest BCUT2D eigenvalue weighted by Crippen LogP contribution is 2.17. The summed E-state index contributed by atoms with van der Waals surface area (Å²) in [4.78, 5) is 14.3. The fourth-order valence-corrected chi connectivity index (χ4v) is 2.82. The topological polar surface area (TPSA) is 20.3 Å². The predicted octanol–water partition coefficient (Wildman–Crippen LogP) is 2.49. The zero-order valence-corrected chi connectivity index (χ0v) is 10.6. The molecule has 1 aliphatic heterocycles. The van der Waals surface area contributed by atoms with Gasteiger partial charge in [-0.2, -0.15) is 11.8 Å². The van der Waals surface area contributed by atoms with Gasteiger partial charge in [-0.05, 0) is 31.0 Å². The smallest absolute Gasteiger partial charge is 0.254 e. The molecule has 0 aliphatic carbocycles. The lowest BCUT2D eigenvalue weighted by atomic mass is 10.0. The Hall–Kier alpha value is -0.960. The summed E-state index contributed by atoms with van der Waals surface area (Å²) in [5, 5.41) is 0. The molecule has 0 aromatic heterocycles. The summed E-state index contributed by atoms with van der Waals surface area (Å²) >= 11 is 1.92. The number of hydrogen-bond acceptors (Lipinski definition) is 2. The SMILES string of the molecule is Cc1cccc(C(=O)N2CCSCC2)c1C. The Morgan fingerprint density at radius 2 is 1.94 bits per heavy atom. The second-order valence-corrected chi connectivity index (χ2v) is 5.38. The number of hydrogen-bond donors (Lipinski definition) is 0. The summed E-state index contributed by atoms with van der Waals surface area (Å²) in [6.07, 6.45) is 0. The van der Waals surface area contributed by atoms with Crippen molar-refractivity contribution >= 4 is 17.7 Å². The summed E-state index contributed by atoms with van der Waals surface area (Å²) in [5.74, 6) is 2.33. The Morgan fingerprint density at radius 1 is 1.25 bits per heavy atom. The zero-order valence-electron chi connectivity index (χ0n) is 9.82. The Bertz CT molecular complexity index is 397. The maximum atomic E-state index is 12.3. The number of rotatable bonds is 1. The number of nitrogens with zero attached hydrogens (tertiary/aromatic N) is 1. The van der Waals surface area contributed by atoms with Crippen molar-refractivity contribution in [1.29, 1.82) is 0 Å². The molecule has 1 amide bonds. The molecule has 1 heterocycles. The number of thioether (sulfide) groups is 1. The molecule has 0 radical (unpaired) electrons. The third-order valence-corrected chi connectivity index (χ3v) is 4.08. The van der Waals surface area contributed by atoms with Gasteiger partial charge in [0.2, 0.25) is 0 Å². The van der Waals surface area contributed by atoms with Gasteiger partial charge in [0, 0.05) is 30.2 Å². The van der Waals surface area contributed by atoms with Crippen molar-refractivity contribution in [1.82, 2.24) is 4.90 Å². The van der Waals surface area contributed by atoms with Crippen LogP contribution in [0.4, 0.5) is 0 Å². The molecule has 1 fully saturated rings. The minimum absolute atomic E-state index is 0.196. The minimum atomic E-state index is 0.196. The Labute approximate surface area is 101 Å². The van der Waals surface area contributed by atoms with E-state index in [1.165, 1.54) is 5.56 Å². The molecular formula is C13H17NOS. The van der Waals surface area contributed by atoms with Crippen LogP contribution in [0.15, 0.2) is 18.2 Å². The van der Waals surface area contributed by atoms with E-state index >= 15 is 0 Å². The van der Waals surface area contributed by atoms with Gasteiger partial charge in [0.1, 0.15) is 0 Å². The third-order valence-electron chi connectivity index (χ3n) is 3.13. The molecule has 1 aromatic carbocycles. The van der Waals surface area contributed by atoms with Crippen molar-refractivity contribution in [3.63, 3.8) is 0 Å². The maximum Gasteiger partial charge on any atom is 0.254 e. The average molecular weight is 235 g/mol. The first kappa shape index (κ1) is 11.5. The van der Waals surface area contributed by atoms with E-state index in [2.05, 4.69) is 13.0 Å². The van der Waals surface area contributed by atoms with Crippen molar-refractivity contribution in [3.05, 3.63) is 34.9 Å². The fourth-order valence-electron chi connectivity index (χ4n) is 1.92. The number of benzene rings is 1. The van der Waals surface area contributed by atoms with E-state index in [-0.39, 0.29) is 5.91 Å². The lowest BCUT2D eigenvalue weighted by molar-refractivity contribution is 0.0771. The molecule has 0 atom stereocenters. The van der Waals surface area contributed by atoms with Crippen LogP contribution in [-0.2, 0) is 0 Å². The largest absolute Gasteiger partial charge is 0.337 e. The van der Waals surface area contributed by atoms with E-state index in [0.717, 1.165) is 35.7 Å². The lowest BCUT2D eigenvalue weighted by Gasteiger charge is -2.27. The predicted molar refractivity (Wildman–Crippen MR) is 69.1 cm³/mol. The van der Waals surface area contributed by atoms with E-state index in [9.17, 15) is 4.79 Å². The Morgan fingerprint density at radius 3 is 2.62 bits per heavy atom. The molecule has 1 saturated heterocycles. The van der Waals surface area contributed by atoms with E-state index in [4.69, 9.17) is 0 Å². The number of carbonyl (C=O) groups is 1. The first-order valence-corrected chi connectivity index (χ1v) is 6.79. The van der Waals surface area contributed by atoms with Crippen LogP contribution in [0.2, 0.25) is 0 Å². The van der Waals surface area contributed by atoms with Crippen LogP contribution in [-0.4, -0.2) is 35.4 Å². The van der Waals surface area contributed by atoms with Gasteiger partial charge in [0.25, 0.3) is 5.91 Å². The average Bonchev–Trinajstić information content (AvgIpc) is 2.33. The quantitative estimate of drug-likeness (QED) is 0.745. The van der Waals surface area contributed by atoms with Crippen LogP contribution in [0.25, 0.3) is 0 Å². The molecule has 0 bridgehead atoms. The van der Waals surface area contributed by atoms with Crippen LogP contribution < -0.4 is 0 Å². The van der Waals surface area contributed by atoms with Crippen molar-refractivity contribution in [2.24, 2.45) is 0 Å². The van der Waals surface area contributed by atoms with Crippen molar-refractivity contribution in [2.75, 3.05) is 24.6 Å². The summed E-state index contributed by atoms with van der Waals surface area (Å²) < 4.78 is 0. The first-order chi connectivity index (χ1) is 7.70. The van der Waals surface area contributed by atoms with E-state index in [1.807, 2.05) is 35.7 Å². The summed E-state index contributed by atoms with van der Waals surface area (Å²) in [6.45, 7) is 5.85. The zero-order chi connectivity index (χ0) is 11.5. The third kappa shape index (κ3) is 2.24. The molecule has 0 spiro atoms. The van der Waals surface area contributed by atoms with Gasteiger partial charge in [-0.15, -0.1) is 0 Å². The Kier molecular flexibility index (Phi) is 3.54. The van der Waals surface area contributed by atoms with Crippen molar-refractivity contribution < 1.29 is 4.79 Å². The van der Waals surface area contributed by atoms with Crippen LogP contribution in [0.5, 0.6) is 0 Å². The normalized spacial score (nSPS) is 16.2. The van der Waals surface area contributed by atoms with E-state index < -0.39 is 0 Å². The van der Waals surface area contributed by atoms with E-state index in [1.54, 1.807) is 0 Å². The van der Waals surface area contributed by atoms with Gasteiger partial charge < -0.3 is 4.90 Å². The molecule has 0 N–H and O–H groups in total. The monoisotopic (exact) mass is 235 g/mol. The van der Waals surface area contributed by atoms with Crippen LogP contribution in [0.3, 0.4) is 0 Å². The van der Waals surface area contributed by atoms with Gasteiger partial charge >= 0.3 is 0 Å². The molecule has 1 aromatic rings. The highest BCUT2D eigenvalue weighted by molar-refractivity contribution is 7.99. The van der Waals surface area contributed by atoms with Crippen LogP contribution >= 0.6 is 11.8 Å². The van der Waals surface area contributed by atoms with Crippen LogP contribution in [0.1, 0.15) is 21.5 Å². The molecule has 3 heteroatoms. The number of aryl methyl sites for hydroxylation is 1. The summed E-state index contributed by atoms with van der Waals surface area (Å²) in [5.41, 5.74) is 3.18. The molecule has 2 nitrogen and oxygen atoms in total. The van der Waals surface area contributed by atoms with Crippen molar-refractivity contribution in [3.8, 4) is 0 Å². The van der Waals surface area contributed by atoms with Gasteiger partial charge in [-0.1, -0.05) is 12.1 Å². The molecule has 2 rings (SSSR count). The van der Waals surface area contributed by atoms with Gasteiger partial charge in [0.05, 0.1) is 0 Å². The molecule has 0 saturated carbocycles. The second kappa shape index (κ2) is 4.91. The van der Waals surface area contributed by atoms with Crippen LogP contribution in [0, 0.1) is 13.8 Å². The van der Waals surface area contributed by atoms with Gasteiger partial charge in [0.15, 0.2) is 0 Å². The van der Waals surface area contributed by atoms with Gasteiger partial charge in [-0.25, -0.2) is 0 Å². The molecule has 1 aliphatic rings. The fraction of sp³-hybridized carbons (Fsp3) is 0.462. The molecular weight excluding hydrogens is 218 g/mol. The Balaban J connectivity index is 2.22. The summed E-state index contributed by atoms with van der Waals surface area (Å²) in [7, 11) is 0. The number of carbonyl (C=O) groups excluding carboxylic acids is 1. The number of amides is 1. The molecule has 86 valence electrons. The van der Waals surface area contributed by atoms with Crippen molar-refractivity contribution in [2.45, 2.75) is 13.8 Å². The highest BCUT2D eigenvalue weighted by Gasteiger charge is 2.19. The molecule has 0 unspecified atom stereocenters. The minimum Gasteiger partial charge on any atom is -0.337 e. The highest BCUT2D eigenvalue weighted by atomic mass is 32.2. The maximum absolute atomic E-state index is 12.3. The summed E-state index contributed by atoms with van der Waals surface area (Å²) in [6, 6.07) is 5.96. The molecule has 16 heavy (non-hydrogen) atoms. The van der Waals surface area contributed by atoms with Gasteiger partial charge in [-0.3, -0.25) is 4.79 Å². The second-order valence-electron chi connectivity index (χ2n) is 4.15.